The van der Waals surface area contributed by atoms with Gasteiger partial charge in [0.25, 0.3) is 0 Å². The lowest BCUT2D eigenvalue weighted by Gasteiger charge is -2.13. The molecule has 0 aliphatic carbocycles. The number of hydrogen-bond acceptors (Lipinski definition) is 3. The molecule has 2 N–H and O–H groups in total. The molecule has 0 radical (unpaired) electrons. The number of aromatic hydroxyl groups is 1. The molecule has 0 aliphatic heterocycles. The Kier molecular flexibility index (Phi) is 5.50. The Balaban J connectivity index is 1.92. The minimum Gasteiger partial charge on any atom is -0.508 e. The minimum atomic E-state index is 0.320. The van der Waals surface area contributed by atoms with Crippen molar-refractivity contribution in [3.8, 4) is 5.75 Å². The molecule has 0 bridgehead atoms. The Labute approximate surface area is 125 Å². The summed E-state index contributed by atoms with van der Waals surface area (Å²) in [6.45, 7) is 5.29. The molecular weight excluding hydrogens is 266 g/mol. The van der Waals surface area contributed by atoms with Crippen molar-refractivity contribution in [3.05, 3.63) is 59.7 Å². The summed E-state index contributed by atoms with van der Waals surface area (Å²) in [5.41, 5.74) is 2.54. The summed E-state index contributed by atoms with van der Waals surface area (Å²) in [7, 11) is 0. The second-order valence-electron chi connectivity index (χ2n) is 4.80. The first-order valence-electron chi connectivity index (χ1n) is 6.93. The van der Waals surface area contributed by atoms with Crippen molar-refractivity contribution in [2.75, 3.05) is 6.54 Å². The van der Waals surface area contributed by atoms with Crippen LogP contribution >= 0.6 is 11.8 Å². The molecule has 0 saturated carbocycles. The van der Waals surface area contributed by atoms with E-state index in [1.54, 1.807) is 12.1 Å². The Hall–Kier alpha value is -1.45. The van der Waals surface area contributed by atoms with Crippen molar-refractivity contribution in [1.29, 1.82) is 0 Å². The standard InChI is InChI=1S/C17H21NOS/c1-3-18-13(2)15-6-10-17(11-7-15)20-12-14-4-8-16(19)9-5-14/h4-11,13,18-19H,3,12H2,1-2H3. The van der Waals surface area contributed by atoms with Gasteiger partial charge < -0.3 is 10.4 Å². The van der Waals surface area contributed by atoms with E-state index in [0.29, 0.717) is 11.8 Å². The van der Waals surface area contributed by atoms with Gasteiger partial charge in [-0.1, -0.05) is 31.2 Å². The number of phenolic OH excluding ortho intramolecular Hbond substituents is 1. The number of benzene rings is 2. The van der Waals surface area contributed by atoms with Crippen molar-refractivity contribution in [2.24, 2.45) is 0 Å². The average Bonchev–Trinajstić information content (AvgIpc) is 2.47. The molecule has 0 amide bonds. The lowest BCUT2D eigenvalue weighted by Crippen LogP contribution is -2.17. The van der Waals surface area contributed by atoms with Gasteiger partial charge in [0.15, 0.2) is 0 Å². The van der Waals surface area contributed by atoms with E-state index in [1.165, 1.54) is 16.0 Å². The fourth-order valence-electron chi connectivity index (χ4n) is 2.04. The predicted molar refractivity (Wildman–Crippen MR) is 86.2 cm³/mol. The van der Waals surface area contributed by atoms with E-state index in [1.807, 2.05) is 23.9 Å². The van der Waals surface area contributed by atoms with E-state index in [0.717, 1.165) is 12.3 Å². The first kappa shape index (κ1) is 14.9. The first-order chi connectivity index (χ1) is 9.69. The van der Waals surface area contributed by atoms with Crippen molar-refractivity contribution >= 4 is 11.8 Å². The molecule has 20 heavy (non-hydrogen) atoms. The number of rotatable bonds is 6. The molecule has 1 unspecified atom stereocenters. The van der Waals surface area contributed by atoms with Crippen LogP contribution in [0.4, 0.5) is 0 Å². The van der Waals surface area contributed by atoms with Gasteiger partial charge in [0.2, 0.25) is 0 Å². The monoisotopic (exact) mass is 287 g/mol. The minimum absolute atomic E-state index is 0.320. The molecule has 0 spiro atoms. The summed E-state index contributed by atoms with van der Waals surface area (Å²) >= 11 is 1.81. The summed E-state index contributed by atoms with van der Waals surface area (Å²) in [5, 5.41) is 12.7. The largest absolute Gasteiger partial charge is 0.508 e. The number of hydrogen-bond donors (Lipinski definition) is 2. The zero-order valence-corrected chi connectivity index (χ0v) is 12.8. The quantitative estimate of drug-likeness (QED) is 0.774. The SMILES string of the molecule is CCNC(C)c1ccc(SCc2ccc(O)cc2)cc1. The van der Waals surface area contributed by atoms with Crippen LogP contribution in [0.3, 0.4) is 0 Å². The van der Waals surface area contributed by atoms with Gasteiger partial charge in [-0.15, -0.1) is 11.8 Å². The Morgan fingerprint density at radius 2 is 1.70 bits per heavy atom. The van der Waals surface area contributed by atoms with Crippen LogP contribution in [0.25, 0.3) is 0 Å². The molecule has 2 aromatic carbocycles. The van der Waals surface area contributed by atoms with Gasteiger partial charge in [-0.05, 0) is 48.9 Å². The molecule has 0 heterocycles. The summed E-state index contributed by atoms with van der Waals surface area (Å²) in [6, 6.07) is 16.5. The summed E-state index contributed by atoms with van der Waals surface area (Å²) in [5.74, 6) is 1.24. The number of nitrogens with one attached hydrogen (secondary N) is 1. The van der Waals surface area contributed by atoms with Gasteiger partial charge in [0.1, 0.15) is 5.75 Å². The fraction of sp³-hybridized carbons (Fsp3) is 0.294. The third kappa shape index (κ3) is 4.29. The second-order valence-corrected chi connectivity index (χ2v) is 5.85. The normalized spacial score (nSPS) is 12.3. The van der Waals surface area contributed by atoms with Crippen molar-refractivity contribution in [1.82, 2.24) is 5.32 Å². The van der Waals surface area contributed by atoms with Crippen LogP contribution in [-0.4, -0.2) is 11.7 Å². The maximum Gasteiger partial charge on any atom is 0.115 e. The zero-order chi connectivity index (χ0) is 14.4. The van der Waals surface area contributed by atoms with Crippen LogP contribution in [-0.2, 0) is 5.75 Å². The van der Waals surface area contributed by atoms with Crippen molar-refractivity contribution < 1.29 is 5.11 Å². The molecule has 0 aromatic heterocycles. The third-order valence-corrected chi connectivity index (χ3v) is 4.32. The van der Waals surface area contributed by atoms with Crippen LogP contribution in [0, 0.1) is 0 Å². The van der Waals surface area contributed by atoms with Crippen LogP contribution in [0.5, 0.6) is 5.75 Å². The average molecular weight is 287 g/mol. The van der Waals surface area contributed by atoms with Crippen molar-refractivity contribution in [2.45, 2.75) is 30.5 Å². The van der Waals surface area contributed by atoms with Gasteiger partial charge in [-0.25, -0.2) is 0 Å². The van der Waals surface area contributed by atoms with E-state index in [4.69, 9.17) is 0 Å². The van der Waals surface area contributed by atoms with Crippen molar-refractivity contribution in [3.63, 3.8) is 0 Å². The van der Waals surface area contributed by atoms with E-state index >= 15 is 0 Å². The molecule has 2 nitrogen and oxygen atoms in total. The highest BCUT2D eigenvalue weighted by atomic mass is 32.2. The Morgan fingerprint density at radius 1 is 1.05 bits per heavy atom. The lowest BCUT2D eigenvalue weighted by atomic mass is 10.1. The highest BCUT2D eigenvalue weighted by molar-refractivity contribution is 7.98. The molecule has 2 rings (SSSR count). The summed E-state index contributed by atoms with van der Waals surface area (Å²) in [6.07, 6.45) is 0. The maximum absolute atomic E-state index is 9.26. The van der Waals surface area contributed by atoms with Gasteiger partial charge in [-0.3, -0.25) is 0 Å². The second kappa shape index (κ2) is 7.36. The fourth-order valence-corrected chi connectivity index (χ4v) is 2.89. The molecule has 1 atom stereocenters. The Morgan fingerprint density at radius 3 is 2.30 bits per heavy atom. The summed E-state index contributed by atoms with van der Waals surface area (Å²) < 4.78 is 0. The summed E-state index contributed by atoms with van der Waals surface area (Å²) in [4.78, 5) is 1.27. The number of thioether (sulfide) groups is 1. The molecular formula is C17H21NOS. The molecule has 106 valence electrons. The van der Waals surface area contributed by atoms with E-state index < -0.39 is 0 Å². The Bertz CT molecular complexity index is 522. The molecule has 3 heteroatoms. The van der Waals surface area contributed by atoms with Crippen LogP contribution in [0.15, 0.2) is 53.4 Å². The predicted octanol–water partition coefficient (Wildman–Crippen LogP) is 4.36. The van der Waals surface area contributed by atoms with E-state index in [2.05, 4.69) is 43.4 Å². The maximum atomic E-state index is 9.26. The van der Waals surface area contributed by atoms with E-state index in [-0.39, 0.29) is 0 Å². The lowest BCUT2D eigenvalue weighted by molar-refractivity contribution is 0.475. The van der Waals surface area contributed by atoms with Crippen LogP contribution < -0.4 is 5.32 Å². The first-order valence-corrected chi connectivity index (χ1v) is 7.91. The zero-order valence-electron chi connectivity index (χ0n) is 12.0. The van der Waals surface area contributed by atoms with Crippen LogP contribution in [0.1, 0.15) is 31.0 Å². The molecule has 0 saturated heterocycles. The molecule has 0 aliphatic rings. The van der Waals surface area contributed by atoms with Gasteiger partial charge in [0.05, 0.1) is 0 Å². The van der Waals surface area contributed by atoms with Gasteiger partial charge in [0, 0.05) is 16.7 Å². The highest BCUT2D eigenvalue weighted by Crippen LogP contribution is 2.25. The molecule has 0 fully saturated rings. The van der Waals surface area contributed by atoms with Crippen LogP contribution in [0.2, 0.25) is 0 Å². The topological polar surface area (TPSA) is 32.3 Å². The molecule has 2 aromatic rings. The van der Waals surface area contributed by atoms with E-state index in [9.17, 15) is 5.11 Å². The van der Waals surface area contributed by atoms with Gasteiger partial charge >= 0.3 is 0 Å². The van der Waals surface area contributed by atoms with Gasteiger partial charge in [-0.2, -0.15) is 0 Å². The highest BCUT2D eigenvalue weighted by Gasteiger charge is 2.03. The third-order valence-electron chi connectivity index (χ3n) is 3.23. The smallest absolute Gasteiger partial charge is 0.115 e. The number of phenols is 1.